The number of nitrogens with zero attached hydrogens (tertiary/aromatic N) is 3. The zero-order chi connectivity index (χ0) is 22.7. The number of hydrogen-bond acceptors (Lipinski definition) is 8. The molecule has 0 unspecified atom stereocenters. The number of ether oxygens (including phenoxy) is 3. The fourth-order valence-electron chi connectivity index (χ4n) is 3.47. The molecular weight excluding hydrogens is 430 g/mol. The van der Waals surface area contributed by atoms with E-state index in [-0.39, 0.29) is 23.2 Å². The number of aliphatic imine (C=N–C) groups is 1. The Labute approximate surface area is 191 Å². The van der Waals surface area contributed by atoms with Crippen molar-refractivity contribution in [3.8, 4) is 17.2 Å². The number of phenolic OH excluding ortho intramolecular Hbond substituents is 1. The first-order chi connectivity index (χ1) is 15.5. The summed E-state index contributed by atoms with van der Waals surface area (Å²) in [6.07, 6.45) is 1.73. The molecule has 9 heteroatoms. The zero-order valence-electron chi connectivity index (χ0n) is 18.2. The Morgan fingerprint density at radius 2 is 1.72 bits per heavy atom. The van der Waals surface area contributed by atoms with E-state index in [1.807, 2.05) is 24.3 Å². The zero-order valence-corrected chi connectivity index (χ0v) is 19.0. The van der Waals surface area contributed by atoms with Gasteiger partial charge < -0.3 is 24.2 Å². The van der Waals surface area contributed by atoms with Gasteiger partial charge in [0.05, 0.1) is 38.0 Å². The lowest BCUT2D eigenvalue weighted by atomic mass is 10.1. The van der Waals surface area contributed by atoms with Crippen LogP contribution in [-0.2, 0) is 9.53 Å². The van der Waals surface area contributed by atoms with Crippen LogP contribution in [0, 0.1) is 0 Å². The number of likely N-dealkylation sites (N-methyl/N-ethyl adjacent to an activating group) is 1. The van der Waals surface area contributed by atoms with Crippen molar-refractivity contribution in [2.75, 3.05) is 52.5 Å². The van der Waals surface area contributed by atoms with E-state index < -0.39 is 0 Å². The number of anilines is 1. The second-order valence-electron chi connectivity index (χ2n) is 7.26. The van der Waals surface area contributed by atoms with Gasteiger partial charge in [0, 0.05) is 25.8 Å². The van der Waals surface area contributed by atoms with Crippen LogP contribution >= 0.6 is 11.8 Å². The molecule has 0 bridgehead atoms. The summed E-state index contributed by atoms with van der Waals surface area (Å²) in [5.74, 6) is 0.315. The van der Waals surface area contributed by atoms with Crippen LogP contribution in [0.5, 0.6) is 17.2 Å². The summed E-state index contributed by atoms with van der Waals surface area (Å²) in [5.41, 5.74) is 2.59. The maximum atomic E-state index is 12.8. The smallest absolute Gasteiger partial charge is 0.266 e. The molecule has 2 aromatic rings. The number of amides is 1. The standard InChI is InChI=1S/C23H25N3O5S/c1-25-22(28)20(14-15-12-18(29-2)21(27)19(13-15)30-3)32-23(25)24-16-4-6-17(7-5-16)26-8-10-31-11-9-26/h4-7,12-14,27H,8-11H2,1-3H3/b20-14-,24-23?. The molecule has 0 saturated carbocycles. The van der Waals surface area contributed by atoms with Gasteiger partial charge in [-0.25, -0.2) is 4.99 Å². The molecule has 1 N–H and O–H groups in total. The van der Waals surface area contributed by atoms with Gasteiger partial charge in [-0.1, -0.05) is 0 Å². The van der Waals surface area contributed by atoms with Crippen LogP contribution < -0.4 is 14.4 Å². The topological polar surface area (TPSA) is 83.8 Å². The van der Waals surface area contributed by atoms with Gasteiger partial charge in [-0.05, 0) is 59.8 Å². The lowest BCUT2D eigenvalue weighted by Gasteiger charge is -2.28. The predicted octanol–water partition coefficient (Wildman–Crippen LogP) is 3.48. The largest absolute Gasteiger partial charge is 0.502 e. The lowest BCUT2D eigenvalue weighted by molar-refractivity contribution is -0.121. The van der Waals surface area contributed by atoms with E-state index in [9.17, 15) is 9.90 Å². The van der Waals surface area contributed by atoms with Crippen LogP contribution in [-0.4, -0.2) is 68.7 Å². The van der Waals surface area contributed by atoms with Gasteiger partial charge in [0.15, 0.2) is 16.7 Å². The highest BCUT2D eigenvalue weighted by molar-refractivity contribution is 8.18. The van der Waals surface area contributed by atoms with Crippen molar-refractivity contribution >= 4 is 40.3 Å². The van der Waals surface area contributed by atoms with E-state index in [0.717, 1.165) is 37.7 Å². The highest BCUT2D eigenvalue weighted by atomic mass is 32.2. The molecule has 1 amide bonds. The Morgan fingerprint density at radius 1 is 1.09 bits per heavy atom. The molecule has 2 heterocycles. The van der Waals surface area contributed by atoms with Gasteiger partial charge in [0.2, 0.25) is 5.75 Å². The minimum Gasteiger partial charge on any atom is -0.502 e. The number of amidine groups is 1. The summed E-state index contributed by atoms with van der Waals surface area (Å²) in [4.78, 5) is 21.8. The first kappa shape index (κ1) is 22.0. The first-order valence-electron chi connectivity index (χ1n) is 10.1. The van der Waals surface area contributed by atoms with E-state index in [1.165, 1.54) is 30.9 Å². The normalized spacial score (nSPS) is 19.2. The third-order valence-corrected chi connectivity index (χ3v) is 6.31. The van der Waals surface area contributed by atoms with Crippen LogP contribution in [0.3, 0.4) is 0 Å². The molecule has 168 valence electrons. The molecule has 4 rings (SSSR count). The number of thioether (sulfide) groups is 1. The van der Waals surface area contributed by atoms with Gasteiger partial charge in [0.25, 0.3) is 5.91 Å². The fourth-order valence-corrected chi connectivity index (χ4v) is 4.46. The number of hydrogen-bond donors (Lipinski definition) is 1. The highest BCUT2D eigenvalue weighted by Gasteiger charge is 2.30. The van der Waals surface area contributed by atoms with Crippen LogP contribution in [0.1, 0.15) is 5.56 Å². The maximum absolute atomic E-state index is 12.8. The van der Waals surface area contributed by atoms with E-state index in [4.69, 9.17) is 14.2 Å². The van der Waals surface area contributed by atoms with Crippen molar-refractivity contribution in [1.29, 1.82) is 0 Å². The third kappa shape index (κ3) is 4.53. The van der Waals surface area contributed by atoms with Gasteiger partial charge in [-0.2, -0.15) is 0 Å². The molecule has 0 spiro atoms. The molecule has 2 saturated heterocycles. The van der Waals surface area contributed by atoms with Crippen LogP contribution in [0.4, 0.5) is 11.4 Å². The number of methoxy groups -OCH3 is 2. The summed E-state index contributed by atoms with van der Waals surface area (Å²) in [6.45, 7) is 3.23. The Morgan fingerprint density at radius 3 is 2.31 bits per heavy atom. The maximum Gasteiger partial charge on any atom is 0.266 e. The second-order valence-corrected chi connectivity index (χ2v) is 8.27. The summed E-state index contributed by atoms with van der Waals surface area (Å²) in [6, 6.07) is 11.3. The van der Waals surface area contributed by atoms with Crippen molar-refractivity contribution in [2.45, 2.75) is 0 Å². The molecule has 2 aromatic carbocycles. The average molecular weight is 456 g/mol. The average Bonchev–Trinajstić information content (AvgIpc) is 3.08. The highest BCUT2D eigenvalue weighted by Crippen LogP contribution is 2.39. The van der Waals surface area contributed by atoms with Crippen molar-refractivity contribution in [2.24, 2.45) is 4.99 Å². The molecule has 2 fully saturated rings. The molecule has 0 aliphatic carbocycles. The Kier molecular flexibility index (Phi) is 6.57. The minimum absolute atomic E-state index is 0.0811. The predicted molar refractivity (Wildman–Crippen MR) is 126 cm³/mol. The van der Waals surface area contributed by atoms with Crippen molar-refractivity contribution in [3.05, 3.63) is 46.9 Å². The van der Waals surface area contributed by atoms with E-state index in [1.54, 1.807) is 25.3 Å². The number of benzene rings is 2. The van der Waals surface area contributed by atoms with Crippen LogP contribution in [0.25, 0.3) is 6.08 Å². The molecule has 2 aliphatic heterocycles. The third-order valence-electron chi connectivity index (χ3n) is 5.25. The molecule has 0 atom stereocenters. The number of carbonyl (C=O) groups is 1. The lowest BCUT2D eigenvalue weighted by Crippen LogP contribution is -2.36. The molecule has 2 aliphatic rings. The first-order valence-corrected chi connectivity index (χ1v) is 11.0. The van der Waals surface area contributed by atoms with Crippen LogP contribution in [0.2, 0.25) is 0 Å². The van der Waals surface area contributed by atoms with Crippen molar-refractivity contribution in [1.82, 2.24) is 4.90 Å². The minimum atomic E-state index is -0.148. The van der Waals surface area contributed by atoms with Gasteiger partial charge in [-0.3, -0.25) is 9.69 Å². The Balaban J connectivity index is 1.55. The molecule has 8 nitrogen and oxygen atoms in total. The van der Waals surface area contributed by atoms with Gasteiger partial charge >= 0.3 is 0 Å². The molecule has 32 heavy (non-hydrogen) atoms. The van der Waals surface area contributed by atoms with Gasteiger partial charge in [-0.15, -0.1) is 0 Å². The van der Waals surface area contributed by atoms with E-state index in [2.05, 4.69) is 9.89 Å². The summed E-state index contributed by atoms with van der Waals surface area (Å²) >= 11 is 1.30. The quantitative estimate of drug-likeness (QED) is 0.691. The monoisotopic (exact) mass is 455 g/mol. The number of rotatable bonds is 5. The molecular formula is C23H25N3O5S. The Hall–Kier alpha value is -3.17. The number of carbonyl (C=O) groups excluding carboxylic acids is 1. The van der Waals surface area contributed by atoms with Crippen molar-refractivity contribution in [3.63, 3.8) is 0 Å². The van der Waals surface area contributed by atoms with Gasteiger partial charge in [0.1, 0.15) is 0 Å². The summed E-state index contributed by atoms with van der Waals surface area (Å²) < 4.78 is 15.8. The fraction of sp³-hybridized carbons (Fsp3) is 0.304. The van der Waals surface area contributed by atoms with Crippen LogP contribution in [0.15, 0.2) is 46.3 Å². The Bertz CT molecular complexity index is 1040. The number of morpholine rings is 1. The van der Waals surface area contributed by atoms with E-state index >= 15 is 0 Å². The number of phenols is 1. The van der Waals surface area contributed by atoms with Crippen molar-refractivity contribution < 1.29 is 24.1 Å². The second kappa shape index (κ2) is 9.54. The molecule has 0 radical (unpaired) electrons. The van der Waals surface area contributed by atoms with E-state index in [0.29, 0.717) is 15.6 Å². The summed E-state index contributed by atoms with van der Waals surface area (Å²) in [7, 11) is 4.63. The number of aromatic hydroxyl groups is 1. The summed E-state index contributed by atoms with van der Waals surface area (Å²) in [5, 5.41) is 10.7. The SMILES string of the molecule is COc1cc(/C=C2\SC(=Nc3ccc(N4CCOCC4)cc3)N(C)C2=O)cc(OC)c1O. The molecule has 0 aromatic heterocycles.